The molecule has 4 rings (SSSR count). The summed E-state index contributed by atoms with van der Waals surface area (Å²) in [5.41, 5.74) is 2.78. The number of H-pyrrole nitrogens is 1. The molecule has 1 saturated carbocycles. The quantitative estimate of drug-likeness (QED) is 0.752. The molecular formula is C19H19N5O. The molecule has 1 aliphatic carbocycles. The maximum Gasteiger partial charge on any atom is 0.252 e. The van der Waals surface area contributed by atoms with E-state index in [1.165, 1.54) is 6.42 Å². The molecule has 0 spiro atoms. The second kappa shape index (κ2) is 6.84. The Morgan fingerprint density at radius 2 is 1.84 bits per heavy atom. The number of aromatic amines is 1. The number of carbonyl (C=O) groups is 1. The number of tetrazole rings is 1. The summed E-state index contributed by atoms with van der Waals surface area (Å²) in [6.45, 7) is 0. The highest BCUT2D eigenvalue weighted by Gasteiger charge is 2.26. The number of hydrogen-bond donors (Lipinski definition) is 2. The molecule has 1 heterocycles. The molecule has 2 N–H and O–H groups in total. The van der Waals surface area contributed by atoms with Crippen LogP contribution in [0.25, 0.3) is 0 Å². The molecule has 3 aromatic rings. The molecule has 1 amide bonds. The van der Waals surface area contributed by atoms with Crippen LogP contribution in [-0.4, -0.2) is 26.5 Å². The summed E-state index contributed by atoms with van der Waals surface area (Å²) in [4.78, 5) is 13.0. The molecule has 1 fully saturated rings. The number of rotatable bonds is 5. The van der Waals surface area contributed by atoms with Gasteiger partial charge in [0.15, 0.2) is 0 Å². The summed E-state index contributed by atoms with van der Waals surface area (Å²) in [5.74, 6) is 0.823. The Balaban J connectivity index is 1.64. The molecule has 0 aliphatic heterocycles. The highest BCUT2D eigenvalue weighted by Crippen LogP contribution is 2.38. The van der Waals surface area contributed by atoms with Crippen LogP contribution in [0.4, 0.5) is 0 Å². The van der Waals surface area contributed by atoms with Crippen LogP contribution in [0.5, 0.6) is 0 Å². The molecule has 25 heavy (non-hydrogen) atoms. The Morgan fingerprint density at radius 3 is 2.52 bits per heavy atom. The van der Waals surface area contributed by atoms with Gasteiger partial charge in [0, 0.05) is 5.56 Å². The van der Waals surface area contributed by atoms with Crippen molar-refractivity contribution in [1.29, 1.82) is 0 Å². The molecule has 0 radical (unpaired) electrons. The van der Waals surface area contributed by atoms with Gasteiger partial charge in [0.1, 0.15) is 6.04 Å². The van der Waals surface area contributed by atoms with E-state index in [1.807, 2.05) is 48.5 Å². The lowest BCUT2D eigenvalue weighted by atomic mass is 9.78. The van der Waals surface area contributed by atoms with Gasteiger partial charge in [-0.25, -0.2) is 0 Å². The van der Waals surface area contributed by atoms with Crippen LogP contribution in [0.15, 0.2) is 54.6 Å². The van der Waals surface area contributed by atoms with Crippen molar-refractivity contribution in [3.05, 3.63) is 77.1 Å². The first-order valence-electron chi connectivity index (χ1n) is 8.51. The molecule has 6 nitrogen and oxygen atoms in total. The summed E-state index contributed by atoms with van der Waals surface area (Å²) in [6, 6.07) is 17.1. The molecule has 2 aromatic carbocycles. The second-order valence-electron chi connectivity index (χ2n) is 6.30. The van der Waals surface area contributed by atoms with E-state index >= 15 is 0 Å². The average molecular weight is 333 g/mol. The van der Waals surface area contributed by atoms with Gasteiger partial charge in [0.2, 0.25) is 5.82 Å². The monoisotopic (exact) mass is 333 g/mol. The van der Waals surface area contributed by atoms with Crippen LogP contribution in [0.2, 0.25) is 0 Å². The fourth-order valence-electron chi connectivity index (χ4n) is 3.22. The molecule has 1 aliphatic rings. The van der Waals surface area contributed by atoms with Gasteiger partial charge in [-0.2, -0.15) is 5.21 Å². The van der Waals surface area contributed by atoms with Crippen molar-refractivity contribution in [3.8, 4) is 0 Å². The van der Waals surface area contributed by atoms with Gasteiger partial charge in [0.25, 0.3) is 5.91 Å². The van der Waals surface area contributed by atoms with Crippen LogP contribution in [0.3, 0.4) is 0 Å². The van der Waals surface area contributed by atoms with E-state index in [1.54, 1.807) is 0 Å². The third-order valence-electron chi connectivity index (χ3n) is 4.78. The second-order valence-corrected chi connectivity index (χ2v) is 6.30. The van der Waals surface area contributed by atoms with Crippen molar-refractivity contribution in [2.45, 2.75) is 31.2 Å². The number of nitrogens with one attached hydrogen (secondary N) is 2. The van der Waals surface area contributed by atoms with E-state index in [2.05, 4.69) is 32.0 Å². The maximum atomic E-state index is 13.0. The van der Waals surface area contributed by atoms with Gasteiger partial charge in [0.05, 0.1) is 0 Å². The van der Waals surface area contributed by atoms with Crippen molar-refractivity contribution < 1.29 is 4.79 Å². The van der Waals surface area contributed by atoms with E-state index in [4.69, 9.17) is 0 Å². The third-order valence-corrected chi connectivity index (χ3v) is 4.78. The van der Waals surface area contributed by atoms with Gasteiger partial charge in [-0.1, -0.05) is 60.2 Å². The number of nitrogens with zero attached hydrogens (tertiary/aromatic N) is 3. The number of carbonyl (C=O) groups excluding carboxylic acids is 1. The van der Waals surface area contributed by atoms with Gasteiger partial charge < -0.3 is 5.32 Å². The molecule has 1 unspecified atom stereocenters. The third kappa shape index (κ3) is 3.15. The largest absolute Gasteiger partial charge is 0.338 e. The van der Waals surface area contributed by atoms with Crippen LogP contribution >= 0.6 is 0 Å². The Labute approximate surface area is 145 Å². The number of benzene rings is 2. The van der Waals surface area contributed by atoms with Crippen molar-refractivity contribution >= 4 is 5.91 Å². The summed E-state index contributed by atoms with van der Waals surface area (Å²) < 4.78 is 0. The standard InChI is InChI=1S/C19H19N5O/c25-19(16-12-5-4-11-15(16)13-9-6-10-13)20-17(18-21-23-24-22-18)14-7-2-1-3-8-14/h1-5,7-8,11-13,17H,6,9-10H2,(H,20,25)(H,21,22,23,24). The maximum absolute atomic E-state index is 13.0. The van der Waals surface area contributed by atoms with E-state index < -0.39 is 6.04 Å². The van der Waals surface area contributed by atoms with Crippen LogP contribution in [0.1, 0.15) is 58.5 Å². The first-order chi connectivity index (χ1) is 12.3. The molecule has 0 bridgehead atoms. The first kappa shape index (κ1) is 15.5. The SMILES string of the molecule is O=C(NC(c1ccccc1)c1nn[nH]n1)c1ccccc1C1CCC1. The van der Waals surface area contributed by atoms with Crippen LogP contribution in [0, 0.1) is 0 Å². The van der Waals surface area contributed by atoms with Gasteiger partial charge in [-0.15, -0.1) is 10.2 Å². The van der Waals surface area contributed by atoms with Crippen LogP contribution < -0.4 is 5.32 Å². The molecule has 0 saturated heterocycles. The van der Waals surface area contributed by atoms with E-state index in [9.17, 15) is 4.79 Å². The smallest absolute Gasteiger partial charge is 0.252 e. The van der Waals surface area contributed by atoms with E-state index in [-0.39, 0.29) is 5.91 Å². The molecule has 1 atom stereocenters. The topological polar surface area (TPSA) is 83.6 Å². The summed E-state index contributed by atoms with van der Waals surface area (Å²) in [6.07, 6.45) is 3.53. The first-order valence-corrected chi connectivity index (χ1v) is 8.51. The van der Waals surface area contributed by atoms with Gasteiger partial charge in [-0.05, 0) is 36.0 Å². The zero-order chi connectivity index (χ0) is 17.1. The minimum absolute atomic E-state index is 0.110. The number of aromatic nitrogens is 4. The molecule has 126 valence electrons. The predicted octanol–water partition coefficient (Wildman–Crippen LogP) is 2.99. The zero-order valence-corrected chi connectivity index (χ0v) is 13.7. The summed E-state index contributed by atoms with van der Waals surface area (Å²) in [5, 5.41) is 17.3. The Hall–Kier alpha value is -3.02. The van der Waals surface area contributed by atoms with Crippen LogP contribution in [-0.2, 0) is 0 Å². The van der Waals surface area contributed by atoms with E-state index in [0.717, 1.165) is 29.5 Å². The number of amides is 1. The minimum Gasteiger partial charge on any atom is -0.338 e. The van der Waals surface area contributed by atoms with Gasteiger partial charge in [-0.3, -0.25) is 4.79 Å². The van der Waals surface area contributed by atoms with E-state index in [0.29, 0.717) is 11.7 Å². The fraction of sp³-hybridized carbons (Fsp3) is 0.263. The minimum atomic E-state index is -0.443. The lowest BCUT2D eigenvalue weighted by Gasteiger charge is -2.28. The Morgan fingerprint density at radius 1 is 1.08 bits per heavy atom. The number of hydrogen-bond acceptors (Lipinski definition) is 4. The molecule has 1 aromatic heterocycles. The van der Waals surface area contributed by atoms with Gasteiger partial charge >= 0.3 is 0 Å². The zero-order valence-electron chi connectivity index (χ0n) is 13.7. The molecule has 6 heteroatoms. The highest BCUT2D eigenvalue weighted by atomic mass is 16.1. The summed E-state index contributed by atoms with van der Waals surface area (Å²) in [7, 11) is 0. The summed E-state index contributed by atoms with van der Waals surface area (Å²) >= 11 is 0. The van der Waals surface area contributed by atoms with Crippen molar-refractivity contribution in [2.75, 3.05) is 0 Å². The predicted molar refractivity (Wildman–Crippen MR) is 93.0 cm³/mol. The lowest BCUT2D eigenvalue weighted by Crippen LogP contribution is -2.31. The fourth-order valence-corrected chi connectivity index (χ4v) is 3.22. The Kier molecular flexibility index (Phi) is 4.24. The van der Waals surface area contributed by atoms with Crippen molar-refractivity contribution in [2.24, 2.45) is 0 Å². The lowest BCUT2D eigenvalue weighted by molar-refractivity contribution is 0.0939. The Bertz CT molecular complexity index is 843. The van der Waals surface area contributed by atoms with Crippen molar-refractivity contribution in [1.82, 2.24) is 25.9 Å². The normalized spacial score (nSPS) is 15.4. The molecular weight excluding hydrogens is 314 g/mol. The average Bonchev–Trinajstić information content (AvgIpc) is 3.13. The van der Waals surface area contributed by atoms with Crippen molar-refractivity contribution in [3.63, 3.8) is 0 Å². The highest BCUT2D eigenvalue weighted by molar-refractivity contribution is 5.96.